The summed E-state index contributed by atoms with van der Waals surface area (Å²) in [6.45, 7) is 8.82. The van der Waals surface area contributed by atoms with E-state index in [4.69, 9.17) is 10.5 Å². The van der Waals surface area contributed by atoms with Crippen LogP contribution in [-0.2, 0) is 19.1 Å². The van der Waals surface area contributed by atoms with Gasteiger partial charge in [-0.25, -0.2) is 4.79 Å². The number of aryl methyl sites for hydroxylation is 1. The minimum absolute atomic E-state index is 0.454. The van der Waals surface area contributed by atoms with Gasteiger partial charge in [0.1, 0.15) is 17.7 Å². The van der Waals surface area contributed by atoms with Crippen LogP contribution in [0.1, 0.15) is 49.9 Å². The molecule has 4 N–H and O–H groups in total. The monoisotopic (exact) mass is 532 g/mol. The third kappa shape index (κ3) is 7.56. The smallest absolute Gasteiger partial charge is 0.408 e. The van der Waals surface area contributed by atoms with E-state index in [1.165, 1.54) is 11.9 Å². The number of benzene rings is 3. The molecule has 3 rings (SSSR count). The molecule has 0 saturated carbocycles. The van der Waals surface area contributed by atoms with Crippen molar-refractivity contribution in [2.45, 2.75) is 58.7 Å². The number of hydrogen-bond donors (Lipinski definition) is 3. The minimum Gasteiger partial charge on any atom is -0.444 e. The molecule has 0 radical (unpaired) electrons. The van der Waals surface area contributed by atoms with Gasteiger partial charge in [-0.15, -0.1) is 0 Å². The van der Waals surface area contributed by atoms with Gasteiger partial charge in [0.25, 0.3) is 5.91 Å². The third-order valence-electron chi connectivity index (χ3n) is 6.34. The summed E-state index contributed by atoms with van der Waals surface area (Å²) in [6.07, 6.45) is -1.34. The maximum atomic E-state index is 13.8. The van der Waals surface area contributed by atoms with Gasteiger partial charge in [-0.1, -0.05) is 48.5 Å². The fourth-order valence-electron chi connectivity index (χ4n) is 4.30. The molecule has 0 aliphatic heterocycles. The molecule has 206 valence electrons. The molecule has 0 fully saturated rings. The average Bonchev–Trinajstić information content (AvgIpc) is 2.84. The van der Waals surface area contributed by atoms with Crippen LogP contribution >= 0.6 is 0 Å². The molecule has 0 aliphatic rings. The number of likely N-dealkylation sites (N-methyl/N-ethyl adjacent to an activating group) is 1. The number of alkyl carbamates (subject to hydrolysis) is 1. The zero-order valence-electron chi connectivity index (χ0n) is 23.2. The van der Waals surface area contributed by atoms with E-state index in [1.54, 1.807) is 32.9 Å². The Bertz CT molecular complexity index is 1400. The van der Waals surface area contributed by atoms with Crippen molar-refractivity contribution >= 4 is 40.3 Å². The second kappa shape index (κ2) is 12.0. The van der Waals surface area contributed by atoms with Crippen LogP contribution in [0, 0.1) is 13.8 Å². The fraction of sp³-hybridized carbons (Fsp3) is 0.333. The predicted octanol–water partition coefficient (Wildman–Crippen LogP) is 4.36. The number of primary amides is 1. The molecule has 0 bridgehead atoms. The highest BCUT2D eigenvalue weighted by molar-refractivity contribution is 6.01. The van der Waals surface area contributed by atoms with Crippen LogP contribution in [0.2, 0.25) is 0 Å². The lowest BCUT2D eigenvalue weighted by Crippen LogP contribution is -2.52. The topological polar surface area (TPSA) is 131 Å². The Hall–Kier alpha value is -4.40. The number of rotatable bonds is 8. The fourth-order valence-corrected chi connectivity index (χ4v) is 4.30. The maximum absolute atomic E-state index is 13.8. The molecule has 3 aromatic carbocycles. The van der Waals surface area contributed by atoms with Crippen LogP contribution in [0.15, 0.2) is 60.7 Å². The summed E-state index contributed by atoms with van der Waals surface area (Å²) in [5.74, 6) is -1.91. The molecule has 0 heterocycles. The zero-order chi connectivity index (χ0) is 28.9. The Kier molecular flexibility index (Phi) is 8.96. The molecule has 2 atom stereocenters. The zero-order valence-corrected chi connectivity index (χ0v) is 23.2. The van der Waals surface area contributed by atoms with Gasteiger partial charge in [-0.2, -0.15) is 0 Å². The van der Waals surface area contributed by atoms with Crippen molar-refractivity contribution in [3.63, 3.8) is 0 Å². The van der Waals surface area contributed by atoms with Gasteiger partial charge in [0, 0.05) is 12.7 Å². The highest BCUT2D eigenvalue weighted by Crippen LogP contribution is 2.28. The molecule has 2 unspecified atom stereocenters. The Balaban J connectivity index is 1.97. The van der Waals surface area contributed by atoms with Gasteiger partial charge in [-0.05, 0) is 74.2 Å². The van der Waals surface area contributed by atoms with Gasteiger partial charge in [-0.3, -0.25) is 14.4 Å². The molecule has 4 amide bonds. The second-order valence-corrected chi connectivity index (χ2v) is 10.6. The predicted molar refractivity (Wildman–Crippen MR) is 151 cm³/mol. The van der Waals surface area contributed by atoms with Crippen LogP contribution in [0.3, 0.4) is 0 Å². The van der Waals surface area contributed by atoms with Gasteiger partial charge in [0.15, 0.2) is 0 Å². The van der Waals surface area contributed by atoms with Crippen LogP contribution in [0.25, 0.3) is 10.8 Å². The molecule has 0 spiro atoms. The van der Waals surface area contributed by atoms with Gasteiger partial charge in [0.2, 0.25) is 11.8 Å². The Morgan fingerprint density at radius 3 is 2.26 bits per heavy atom. The van der Waals surface area contributed by atoms with Crippen molar-refractivity contribution in [2.24, 2.45) is 5.73 Å². The molecule has 0 aliphatic carbocycles. The van der Waals surface area contributed by atoms with Crippen LogP contribution in [0.5, 0.6) is 0 Å². The van der Waals surface area contributed by atoms with Gasteiger partial charge in [0.05, 0.1) is 6.42 Å². The highest BCUT2D eigenvalue weighted by atomic mass is 16.6. The number of anilines is 1. The summed E-state index contributed by atoms with van der Waals surface area (Å²) in [6, 6.07) is 16.4. The first kappa shape index (κ1) is 29.2. The first-order valence-corrected chi connectivity index (χ1v) is 12.7. The Morgan fingerprint density at radius 2 is 1.62 bits per heavy atom. The summed E-state index contributed by atoms with van der Waals surface area (Å²) in [5, 5.41) is 7.35. The second-order valence-electron chi connectivity index (χ2n) is 10.6. The Labute approximate surface area is 228 Å². The molecule has 0 saturated heterocycles. The van der Waals surface area contributed by atoms with E-state index in [1.807, 2.05) is 62.4 Å². The van der Waals surface area contributed by atoms with Crippen LogP contribution < -0.4 is 16.4 Å². The summed E-state index contributed by atoms with van der Waals surface area (Å²) in [4.78, 5) is 53.0. The number of ether oxygens (including phenoxy) is 1. The average molecular weight is 533 g/mol. The maximum Gasteiger partial charge on any atom is 0.408 e. The highest BCUT2D eigenvalue weighted by Gasteiger charge is 2.35. The lowest BCUT2D eigenvalue weighted by molar-refractivity contribution is -0.140. The van der Waals surface area contributed by atoms with E-state index in [2.05, 4.69) is 10.6 Å². The summed E-state index contributed by atoms with van der Waals surface area (Å²) >= 11 is 0. The van der Waals surface area contributed by atoms with E-state index in [-0.39, 0.29) is 0 Å². The molecular weight excluding hydrogens is 496 g/mol. The summed E-state index contributed by atoms with van der Waals surface area (Å²) in [5.41, 5.74) is 7.52. The molecule has 0 aromatic heterocycles. The quantitative estimate of drug-likeness (QED) is 0.397. The van der Waals surface area contributed by atoms with E-state index in [9.17, 15) is 19.2 Å². The lowest BCUT2D eigenvalue weighted by atomic mass is 9.95. The van der Waals surface area contributed by atoms with Crippen molar-refractivity contribution < 1.29 is 23.9 Å². The van der Waals surface area contributed by atoms with E-state index in [0.29, 0.717) is 11.3 Å². The SMILES string of the molecule is Cc1cccc(C(C(=O)Nc2ccc3ccccc3c2)N(C)C(=O)C(CC(N)=O)NC(=O)OC(C)(C)C)c1C. The summed E-state index contributed by atoms with van der Waals surface area (Å²) in [7, 11) is 1.46. The number of nitrogens with zero attached hydrogens (tertiary/aromatic N) is 1. The first-order valence-electron chi connectivity index (χ1n) is 12.7. The molecule has 3 aromatic rings. The largest absolute Gasteiger partial charge is 0.444 e. The lowest BCUT2D eigenvalue weighted by Gasteiger charge is -2.32. The van der Waals surface area contributed by atoms with Crippen LogP contribution in [0.4, 0.5) is 10.5 Å². The van der Waals surface area contributed by atoms with Crippen molar-refractivity contribution in [3.05, 3.63) is 77.4 Å². The van der Waals surface area contributed by atoms with Gasteiger partial charge < -0.3 is 26.0 Å². The molecule has 39 heavy (non-hydrogen) atoms. The molecule has 9 heteroatoms. The molecule has 9 nitrogen and oxygen atoms in total. The number of nitrogens with one attached hydrogen (secondary N) is 2. The standard InChI is InChI=1S/C30H36N4O5/c1-18-10-9-13-23(19(18)2)26(27(36)32-22-15-14-20-11-7-8-12-21(20)16-22)34(6)28(37)24(17-25(31)35)33-29(38)39-30(3,4)5/h7-16,24,26H,17H2,1-6H3,(H2,31,35)(H,32,36)(H,33,38). The van der Waals surface area contributed by atoms with E-state index >= 15 is 0 Å². The van der Waals surface area contributed by atoms with Gasteiger partial charge >= 0.3 is 6.09 Å². The van der Waals surface area contributed by atoms with Crippen molar-refractivity contribution in [3.8, 4) is 0 Å². The number of hydrogen-bond acceptors (Lipinski definition) is 5. The van der Waals surface area contributed by atoms with E-state index in [0.717, 1.165) is 21.9 Å². The van der Waals surface area contributed by atoms with Crippen LogP contribution in [-0.4, -0.2) is 47.4 Å². The van der Waals surface area contributed by atoms with Crippen molar-refractivity contribution in [1.29, 1.82) is 0 Å². The van der Waals surface area contributed by atoms with E-state index < -0.39 is 47.9 Å². The van der Waals surface area contributed by atoms with Crippen molar-refractivity contribution in [1.82, 2.24) is 10.2 Å². The Morgan fingerprint density at radius 1 is 0.949 bits per heavy atom. The minimum atomic E-state index is -1.33. The normalized spacial score (nSPS) is 12.8. The number of carbonyl (C=O) groups is 4. The first-order chi connectivity index (χ1) is 18.3. The third-order valence-corrected chi connectivity index (χ3v) is 6.34. The number of nitrogens with two attached hydrogens (primary N) is 1. The number of fused-ring (bicyclic) bond motifs is 1. The van der Waals surface area contributed by atoms with Crippen molar-refractivity contribution in [2.75, 3.05) is 12.4 Å². The number of amides is 4. The number of carbonyl (C=O) groups excluding carboxylic acids is 4. The molecular formula is C30H36N4O5. The summed E-state index contributed by atoms with van der Waals surface area (Å²) < 4.78 is 5.27.